The molecule has 0 radical (unpaired) electrons. The van der Waals surface area contributed by atoms with Gasteiger partial charge in [-0.15, -0.1) is 0 Å². The first-order chi connectivity index (χ1) is 8.69. The molecule has 18 heavy (non-hydrogen) atoms. The molecule has 1 unspecified atom stereocenters. The molecule has 0 spiro atoms. The van der Waals surface area contributed by atoms with E-state index in [1.54, 1.807) is 0 Å². The van der Waals surface area contributed by atoms with Crippen LogP contribution in [0.2, 0.25) is 0 Å². The SMILES string of the molecule is CCN1CCN(CC2(OC)CCNCC2)CC1C. The number of nitrogens with zero attached hydrogens (tertiary/aromatic N) is 2. The number of nitrogens with one attached hydrogen (secondary N) is 1. The van der Waals surface area contributed by atoms with Gasteiger partial charge >= 0.3 is 0 Å². The Balaban J connectivity index is 1.88. The first-order valence-corrected chi connectivity index (χ1v) is 7.41. The molecule has 2 fully saturated rings. The maximum absolute atomic E-state index is 5.87. The van der Waals surface area contributed by atoms with Gasteiger partial charge in [-0.25, -0.2) is 0 Å². The Morgan fingerprint density at radius 1 is 1.28 bits per heavy atom. The molecule has 0 bridgehead atoms. The van der Waals surface area contributed by atoms with Crippen molar-refractivity contribution in [1.82, 2.24) is 15.1 Å². The van der Waals surface area contributed by atoms with Crippen molar-refractivity contribution >= 4 is 0 Å². The number of rotatable bonds is 4. The molecule has 1 N–H and O–H groups in total. The summed E-state index contributed by atoms with van der Waals surface area (Å²) >= 11 is 0. The van der Waals surface area contributed by atoms with E-state index in [9.17, 15) is 0 Å². The van der Waals surface area contributed by atoms with Gasteiger partial charge in [0.2, 0.25) is 0 Å². The highest BCUT2D eigenvalue weighted by Gasteiger charge is 2.35. The van der Waals surface area contributed by atoms with E-state index in [0.717, 1.165) is 32.5 Å². The number of piperazine rings is 1. The monoisotopic (exact) mass is 255 g/mol. The van der Waals surface area contributed by atoms with E-state index in [4.69, 9.17) is 4.74 Å². The topological polar surface area (TPSA) is 27.7 Å². The molecule has 2 saturated heterocycles. The summed E-state index contributed by atoms with van der Waals surface area (Å²) in [6.07, 6.45) is 2.29. The molecule has 0 amide bonds. The average molecular weight is 255 g/mol. The summed E-state index contributed by atoms with van der Waals surface area (Å²) < 4.78 is 5.87. The minimum atomic E-state index is 0.0966. The normalized spacial score (nSPS) is 30.5. The van der Waals surface area contributed by atoms with Crippen molar-refractivity contribution in [3.63, 3.8) is 0 Å². The molecule has 1 atom stereocenters. The summed E-state index contributed by atoms with van der Waals surface area (Å²) in [5, 5.41) is 3.43. The first kappa shape index (κ1) is 14.3. The van der Waals surface area contributed by atoms with Crippen LogP contribution in [-0.2, 0) is 4.74 Å². The van der Waals surface area contributed by atoms with E-state index in [2.05, 4.69) is 29.0 Å². The largest absolute Gasteiger partial charge is 0.377 e. The Labute approximate surface area is 112 Å². The predicted octanol–water partition coefficient (Wildman–Crippen LogP) is 0.781. The van der Waals surface area contributed by atoms with Gasteiger partial charge in [0.15, 0.2) is 0 Å². The Morgan fingerprint density at radius 3 is 2.56 bits per heavy atom. The van der Waals surface area contributed by atoms with Gasteiger partial charge in [0, 0.05) is 39.3 Å². The van der Waals surface area contributed by atoms with E-state index in [1.807, 2.05) is 7.11 Å². The average Bonchev–Trinajstić information content (AvgIpc) is 2.40. The maximum atomic E-state index is 5.87. The lowest BCUT2D eigenvalue weighted by atomic mass is 9.91. The fraction of sp³-hybridized carbons (Fsp3) is 1.00. The molecular weight excluding hydrogens is 226 g/mol. The zero-order valence-corrected chi connectivity index (χ0v) is 12.2. The van der Waals surface area contributed by atoms with E-state index >= 15 is 0 Å². The second kappa shape index (κ2) is 6.33. The molecule has 0 saturated carbocycles. The van der Waals surface area contributed by atoms with Crippen molar-refractivity contribution in [1.29, 1.82) is 0 Å². The van der Waals surface area contributed by atoms with Gasteiger partial charge in [0.25, 0.3) is 0 Å². The number of methoxy groups -OCH3 is 1. The van der Waals surface area contributed by atoms with Crippen molar-refractivity contribution in [3.8, 4) is 0 Å². The van der Waals surface area contributed by atoms with Crippen molar-refractivity contribution in [2.75, 3.05) is 52.9 Å². The van der Waals surface area contributed by atoms with Gasteiger partial charge in [-0.05, 0) is 39.4 Å². The van der Waals surface area contributed by atoms with Gasteiger partial charge in [0.05, 0.1) is 5.60 Å². The van der Waals surface area contributed by atoms with E-state index in [-0.39, 0.29) is 5.60 Å². The van der Waals surface area contributed by atoms with Crippen LogP contribution in [0.15, 0.2) is 0 Å². The van der Waals surface area contributed by atoms with Crippen LogP contribution in [0.3, 0.4) is 0 Å². The van der Waals surface area contributed by atoms with Crippen LogP contribution in [0.4, 0.5) is 0 Å². The molecule has 2 aliphatic rings. The maximum Gasteiger partial charge on any atom is 0.0829 e. The summed E-state index contributed by atoms with van der Waals surface area (Å²) in [5.41, 5.74) is 0.0966. The highest BCUT2D eigenvalue weighted by Crippen LogP contribution is 2.24. The van der Waals surface area contributed by atoms with Crippen LogP contribution in [-0.4, -0.2) is 74.4 Å². The fourth-order valence-electron chi connectivity index (χ4n) is 3.40. The summed E-state index contributed by atoms with van der Waals surface area (Å²) in [6.45, 7) is 12.7. The van der Waals surface area contributed by atoms with Crippen LogP contribution in [0.1, 0.15) is 26.7 Å². The number of ether oxygens (including phenoxy) is 1. The van der Waals surface area contributed by atoms with Gasteiger partial charge in [-0.3, -0.25) is 9.80 Å². The van der Waals surface area contributed by atoms with Crippen LogP contribution >= 0.6 is 0 Å². The van der Waals surface area contributed by atoms with Crippen LogP contribution in [0.5, 0.6) is 0 Å². The number of piperidine rings is 1. The lowest BCUT2D eigenvalue weighted by molar-refractivity contribution is -0.0676. The zero-order chi connectivity index (χ0) is 13.0. The van der Waals surface area contributed by atoms with Crippen LogP contribution in [0, 0.1) is 0 Å². The molecule has 0 aliphatic carbocycles. The van der Waals surface area contributed by atoms with Gasteiger partial charge in [-0.2, -0.15) is 0 Å². The third-order valence-electron chi connectivity index (χ3n) is 4.71. The van der Waals surface area contributed by atoms with Crippen LogP contribution < -0.4 is 5.32 Å². The summed E-state index contributed by atoms with van der Waals surface area (Å²) in [7, 11) is 1.89. The highest BCUT2D eigenvalue weighted by molar-refractivity contribution is 4.91. The van der Waals surface area contributed by atoms with Gasteiger partial charge in [-0.1, -0.05) is 6.92 Å². The second-order valence-corrected chi connectivity index (χ2v) is 5.85. The first-order valence-electron chi connectivity index (χ1n) is 7.41. The van der Waals surface area contributed by atoms with E-state index < -0.39 is 0 Å². The summed E-state index contributed by atoms with van der Waals surface area (Å²) in [5.74, 6) is 0. The minimum absolute atomic E-state index is 0.0966. The third kappa shape index (κ3) is 3.23. The number of likely N-dealkylation sites (N-methyl/N-ethyl adjacent to an activating group) is 1. The quantitative estimate of drug-likeness (QED) is 0.803. The molecule has 0 aromatic carbocycles. The molecule has 2 heterocycles. The number of hydrogen-bond donors (Lipinski definition) is 1. The molecule has 2 aliphatic heterocycles. The molecular formula is C14H29N3O. The smallest absolute Gasteiger partial charge is 0.0829 e. The molecule has 0 aromatic rings. The Bertz CT molecular complexity index is 253. The lowest BCUT2D eigenvalue weighted by Crippen LogP contribution is -2.57. The number of hydrogen-bond acceptors (Lipinski definition) is 4. The summed E-state index contributed by atoms with van der Waals surface area (Å²) in [4.78, 5) is 5.17. The molecule has 4 nitrogen and oxygen atoms in total. The zero-order valence-electron chi connectivity index (χ0n) is 12.2. The molecule has 0 aromatic heterocycles. The Kier molecular flexibility index (Phi) is 5.01. The lowest BCUT2D eigenvalue weighted by Gasteiger charge is -2.45. The highest BCUT2D eigenvalue weighted by atomic mass is 16.5. The van der Waals surface area contributed by atoms with E-state index in [1.165, 1.54) is 26.2 Å². The third-order valence-corrected chi connectivity index (χ3v) is 4.71. The molecule has 106 valence electrons. The molecule has 4 heteroatoms. The van der Waals surface area contributed by atoms with Crippen LogP contribution in [0.25, 0.3) is 0 Å². The van der Waals surface area contributed by atoms with Crippen molar-refractivity contribution < 1.29 is 4.74 Å². The Hall–Kier alpha value is -0.160. The van der Waals surface area contributed by atoms with Crippen molar-refractivity contribution in [3.05, 3.63) is 0 Å². The second-order valence-electron chi connectivity index (χ2n) is 5.85. The van der Waals surface area contributed by atoms with Crippen molar-refractivity contribution in [2.45, 2.75) is 38.3 Å². The fourth-order valence-corrected chi connectivity index (χ4v) is 3.40. The van der Waals surface area contributed by atoms with E-state index in [0.29, 0.717) is 6.04 Å². The Morgan fingerprint density at radius 2 is 2.00 bits per heavy atom. The van der Waals surface area contributed by atoms with Gasteiger partial charge < -0.3 is 10.1 Å². The van der Waals surface area contributed by atoms with Gasteiger partial charge in [0.1, 0.15) is 0 Å². The molecule has 2 rings (SSSR count). The summed E-state index contributed by atoms with van der Waals surface area (Å²) in [6, 6.07) is 0.680. The minimum Gasteiger partial charge on any atom is -0.377 e. The predicted molar refractivity (Wildman–Crippen MR) is 75.0 cm³/mol. The standard InChI is InChI=1S/C14H29N3O/c1-4-17-10-9-16(11-13(17)2)12-14(18-3)5-7-15-8-6-14/h13,15H,4-12H2,1-3H3. The van der Waals surface area contributed by atoms with Crippen molar-refractivity contribution in [2.24, 2.45) is 0 Å².